The lowest BCUT2D eigenvalue weighted by molar-refractivity contribution is -0.137. The van der Waals surface area contributed by atoms with Gasteiger partial charge in [-0.2, -0.15) is 0 Å². The number of carboxylic acid groups (broad SMARTS) is 1. The summed E-state index contributed by atoms with van der Waals surface area (Å²) in [5, 5.41) is 13.8. The fourth-order valence-electron chi connectivity index (χ4n) is 2.83. The van der Waals surface area contributed by atoms with Gasteiger partial charge in [-0.05, 0) is 49.4 Å². The smallest absolute Gasteiger partial charge is 0.303 e. The zero-order valence-electron chi connectivity index (χ0n) is 17.1. The summed E-state index contributed by atoms with van der Waals surface area (Å²) in [6, 6.07) is 0. The Hall–Kier alpha value is -0.660. The van der Waals surface area contributed by atoms with Crippen molar-refractivity contribution in [2.24, 2.45) is 16.0 Å². The van der Waals surface area contributed by atoms with Crippen molar-refractivity contribution < 1.29 is 23.1 Å². The molecular formula is C19H39NO5S. The van der Waals surface area contributed by atoms with Crippen molar-refractivity contribution >= 4 is 16.0 Å². The predicted molar refractivity (Wildman–Crippen MR) is 106 cm³/mol. The Morgan fingerprint density at radius 2 is 1.35 bits per heavy atom. The van der Waals surface area contributed by atoms with E-state index in [-0.39, 0.29) is 23.0 Å². The highest BCUT2D eigenvalue weighted by Crippen LogP contribution is 2.29. The number of primary sulfonamides is 1. The Balaban J connectivity index is 3.63. The minimum Gasteiger partial charge on any atom is -0.481 e. The van der Waals surface area contributed by atoms with E-state index >= 15 is 0 Å². The summed E-state index contributed by atoms with van der Waals surface area (Å²) in [5.41, 5.74) is 0.0506. The minimum absolute atomic E-state index is 0.0199. The molecule has 0 heterocycles. The fraction of sp³-hybridized carbons (Fsp3) is 0.947. The van der Waals surface area contributed by atoms with E-state index in [1.807, 2.05) is 0 Å². The molecule has 0 spiro atoms. The van der Waals surface area contributed by atoms with Crippen LogP contribution < -0.4 is 5.14 Å². The SMILES string of the molecule is CC(C)(CCCCOCCCCC(C)(C)CCS(N)(=O)=O)CCC(=O)O. The van der Waals surface area contributed by atoms with Crippen LogP contribution in [0.2, 0.25) is 0 Å². The van der Waals surface area contributed by atoms with Gasteiger partial charge in [-0.15, -0.1) is 0 Å². The normalized spacial score (nSPS) is 13.1. The summed E-state index contributed by atoms with van der Waals surface area (Å²) in [6.07, 6.45) is 7.55. The van der Waals surface area contributed by atoms with Gasteiger partial charge in [0.2, 0.25) is 10.0 Å². The molecule has 7 heteroatoms. The first-order valence-electron chi connectivity index (χ1n) is 9.63. The molecule has 0 saturated heterocycles. The Labute approximate surface area is 159 Å². The van der Waals surface area contributed by atoms with Crippen LogP contribution in [0.15, 0.2) is 0 Å². The molecule has 0 aromatic heterocycles. The third-order valence-electron chi connectivity index (χ3n) is 4.86. The van der Waals surface area contributed by atoms with Crippen LogP contribution in [0.3, 0.4) is 0 Å². The van der Waals surface area contributed by atoms with E-state index in [1.165, 1.54) is 0 Å². The van der Waals surface area contributed by atoms with Crippen molar-refractivity contribution in [1.29, 1.82) is 0 Å². The highest BCUT2D eigenvalue weighted by Gasteiger charge is 2.20. The number of ether oxygens (including phenoxy) is 1. The molecule has 0 amide bonds. The molecule has 0 aliphatic carbocycles. The predicted octanol–water partition coefficient (Wildman–Crippen LogP) is 3.94. The van der Waals surface area contributed by atoms with Crippen molar-refractivity contribution in [3.8, 4) is 0 Å². The van der Waals surface area contributed by atoms with Crippen molar-refractivity contribution in [2.75, 3.05) is 19.0 Å². The van der Waals surface area contributed by atoms with Crippen LogP contribution in [0.5, 0.6) is 0 Å². The van der Waals surface area contributed by atoms with Gasteiger partial charge >= 0.3 is 5.97 Å². The van der Waals surface area contributed by atoms with E-state index < -0.39 is 16.0 Å². The highest BCUT2D eigenvalue weighted by molar-refractivity contribution is 7.89. The molecule has 156 valence electrons. The summed E-state index contributed by atoms with van der Waals surface area (Å²) in [5.74, 6) is -0.687. The van der Waals surface area contributed by atoms with Crippen LogP contribution in [0, 0.1) is 10.8 Å². The number of nitrogens with two attached hydrogens (primary N) is 1. The summed E-state index contributed by atoms with van der Waals surface area (Å²) < 4.78 is 27.7. The van der Waals surface area contributed by atoms with E-state index in [1.54, 1.807) is 0 Å². The number of sulfonamides is 1. The third kappa shape index (κ3) is 16.8. The van der Waals surface area contributed by atoms with Crippen LogP contribution in [-0.4, -0.2) is 38.5 Å². The van der Waals surface area contributed by atoms with Gasteiger partial charge in [-0.1, -0.05) is 40.5 Å². The average Bonchev–Trinajstić information content (AvgIpc) is 2.49. The second-order valence-electron chi connectivity index (χ2n) is 8.87. The topological polar surface area (TPSA) is 107 Å². The van der Waals surface area contributed by atoms with E-state index in [0.29, 0.717) is 12.8 Å². The van der Waals surface area contributed by atoms with Gasteiger partial charge in [0.25, 0.3) is 0 Å². The van der Waals surface area contributed by atoms with Crippen molar-refractivity contribution in [2.45, 2.75) is 85.5 Å². The number of carbonyl (C=O) groups is 1. The Morgan fingerprint density at radius 1 is 0.885 bits per heavy atom. The number of hydrogen-bond donors (Lipinski definition) is 2. The molecule has 6 nitrogen and oxygen atoms in total. The zero-order chi connectivity index (χ0) is 20.3. The molecule has 0 fully saturated rings. The number of hydrogen-bond acceptors (Lipinski definition) is 4. The molecule has 0 aliphatic heterocycles. The van der Waals surface area contributed by atoms with Gasteiger partial charge in [0.05, 0.1) is 5.75 Å². The molecule has 0 radical (unpaired) electrons. The van der Waals surface area contributed by atoms with Crippen LogP contribution in [-0.2, 0) is 19.6 Å². The second-order valence-corrected chi connectivity index (χ2v) is 10.6. The van der Waals surface area contributed by atoms with E-state index in [2.05, 4.69) is 27.7 Å². The Morgan fingerprint density at radius 3 is 1.77 bits per heavy atom. The number of carboxylic acids is 1. The van der Waals surface area contributed by atoms with Crippen LogP contribution in [0.4, 0.5) is 0 Å². The summed E-state index contributed by atoms with van der Waals surface area (Å²) >= 11 is 0. The molecule has 0 aliphatic rings. The minimum atomic E-state index is -3.38. The maximum absolute atomic E-state index is 11.0. The van der Waals surface area contributed by atoms with Gasteiger partial charge in [0, 0.05) is 19.6 Å². The Bertz CT molecular complexity index is 500. The average molecular weight is 394 g/mol. The lowest BCUT2D eigenvalue weighted by Gasteiger charge is -2.24. The molecule has 0 bridgehead atoms. The molecule has 0 rings (SSSR count). The van der Waals surface area contributed by atoms with Gasteiger partial charge in [0.1, 0.15) is 0 Å². The lowest BCUT2D eigenvalue weighted by Crippen LogP contribution is -2.22. The van der Waals surface area contributed by atoms with Gasteiger partial charge in [0.15, 0.2) is 0 Å². The number of rotatable bonds is 16. The molecular weight excluding hydrogens is 354 g/mol. The first-order valence-corrected chi connectivity index (χ1v) is 11.3. The molecule has 0 unspecified atom stereocenters. The van der Waals surface area contributed by atoms with Crippen molar-refractivity contribution in [3.05, 3.63) is 0 Å². The van der Waals surface area contributed by atoms with Crippen LogP contribution in [0.25, 0.3) is 0 Å². The van der Waals surface area contributed by atoms with Crippen molar-refractivity contribution in [3.63, 3.8) is 0 Å². The monoisotopic (exact) mass is 393 g/mol. The standard InChI is InChI=1S/C19H39NO5S/c1-18(2,12-9-17(21)22)10-5-7-14-25-15-8-6-11-19(3,4)13-16-26(20,23)24/h5-16H2,1-4H3,(H,21,22)(H2,20,23,24). The van der Waals surface area contributed by atoms with Crippen LogP contribution >= 0.6 is 0 Å². The maximum Gasteiger partial charge on any atom is 0.303 e. The van der Waals surface area contributed by atoms with Gasteiger partial charge < -0.3 is 9.84 Å². The maximum atomic E-state index is 11.0. The summed E-state index contributed by atoms with van der Waals surface area (Å²) in [6.45, 7) is 9.86. The van der Waals surface area contributed by atoms with E-state index in [0.717, 1.165) is 51.7 Å². The summed E-state index contributed by atoms with van der Waals surface area (Å²) in [4.78, 5) is 10.6. The zero-order valence-corrected chi connectivity index (χ0v) is 17.9. The second kappa shape index (κ2) is 11.9. The number of unbranched alkanes of at least 4 members (excludes halogenated alkanes) is 2. The summed E-state index contributed by atoms with van der Waals surface area (Å²) in [7, 11) is -3.38. The first kappa shape index (κ1) is 25.3. The highest BCUT2D eigenvalue weighted by atomic mass is 32.2. The van der Waals surface area contributed by atoms with E-state index in [9.17, 15) is 13.2 Å². The quantitative estimate of drug-likeness (QED) is 0.386. The third-order valence-corrected chi connectivity index (χ3v) is 5.64. The lowest BCUT2D eigenvalue weighted by atomic mass is 9.83. The molecule has 0 aromatic rings. The molecule has 26 heavy (non-hydrogen) atoms. The molecule has 0 atom stereocenters. The van der Waals surface area contributed by atoms with Gasteiger partial charge in [-0.3, -0.25) is 4.79 Å². The molecule has 0 saturated carbocycles. The van der Waals surface area contributed by atoms with Crippen LogP contribution in [0.1, 0.15) is 85.5 Å². The largest absolute Gasteiger partial charge is 0.481 e. The fourth-order valence-corrected chi connectivity index (χ4v) is 3.67. The van der Waals surface area contributed by atoms with Gasteiger partial charge in [-0.25, -0.2) is 13.6 Å². The first-order chi connectivity index (χ1) is 11.8. The number of aliphatic carboxylic acids is 1. The Kier molecular flexibility index (Phi) is 11.6. The molecule has 0 aromatic carbocycles. The van der Waals surface area contributed by atoms with Crippen molar-refractivity contribution in [1.82, 2.24) is 0 Å². The van der Waals surface area contributed by atoms with E-state index in [4.69, 9.17) is 15.0 Å². The molecule has 3 N–H and O–H groups in total.